The van der Waals surface area contributed by atoms with Crippen molar-refractivity contribution < 1.29 is 24.2 Å². The molecule has 0 aliphatic heterocycles. The average Bonchev–Trinajstić information content (AvgIpc) is 3.03. The highest BCUT2D eigenvalue weighted by Gasteiger charge is 2.24. The van der Waals surface area contributed by atoms with Crippen LogP contribution < -0.4 is 14.8 Å². The molecule has 4 aromatic rings. The van der Waals surface area contributed by atoms with E-state index in [-0.39, 0.29) is 6.42 Å². The monoisotopic (exact) mass is 641 g/mol. The highest BCUT2D eigenvalue weighted by molar-refractivity contribution is 9.10. The Morgan fingerprint density at radius 3 is 2.33 bits per heavy atom. The van der Waals surface area contributed by atoms with Crippen molar-refractivity contribution in [2.75, 3.05) is 6.61 Å². The summed E-state index contributed by atoms with van der Waals surface area (Å²) in [5.74, 6) is 1.01. The Hall–Kier alpha value is -4.10. The number of carbonyl (C=O) groups excluding carboxylic acids is 1. The van der Waals surface area contributed by atoms with E-state index >= 15 is 0 Å². The van der Waals surface area contributed by atoms with Gasteiger partial charge in [-0.2, -0.15) is 0 Å². The van der Waals surface area contributed by atoms with Crippen molar-refractivity contribution in [2.45, 2.75) is 51.0 Å². The number of carbonyl (C=O) groups is 2. The molecule has 1 fully saturated rings. The van der Waals surface area contributed by atoms with Gasteiger partial charge >= 0.3 is 5.97 Å². The van der Waals surface area contributed by atoms with Crippen molar-refractivity contribution in [2.24, 2.45) is 5.92 Å². The van der Waals surface area contributed by atoms with Crippen LogP contribution in [-0.2, 0) is 11.2 Å². The third-order valence-corrected chi connectivity index (χ3v) is 8.35. The van der Waals surface area contributed by atoms with Crippen molar-refractivity contribution in [1.29, 1.82) is 0 Å². The number of benzene rings is 4. The molecule has 0 radical (unpaired) electrons. The van der Waals surface area contributed by atoms with Crippen LogP contribution in [-0.4, -0.2) is 29.6 Å². The zero-order valence-electron chi connectivity index (χ0n) is 24.0. The van der Waals surface area contributed by atoms with E-state index in [1.807, 2.05) is 84.9 Å². The maximum atomic E-state index is 13.3. The van der Waals surface area contributed by atoms with Gasteiger partial charge in [0.05, 0.1) is 12.2 Å². The minimum Gasteiger partial charge on any atom is -0.493 e. The molecule has 2 N–H and O–H groups in total. The summed E-state index contributed by atoms with van der Waals surface area (Å²) < 4.78 is 12.9. The standard InChI is InChI=1S/C36H36BrNO5/c37-28-19-20-33(42-22-21-25-9-3-1-4-10-25)31(24-28)35(39)38-32(36(40)41)23-26-15-17-27(18-16-26)30-13-7-8-14-34(30)43-29-11-5-2-6-12-29/h2,5-8,11-20,24-25,32H,1,3-4,9-10,21-23H2,(H,38,39)(H,40,41). The summed E-state index contributed by atoms with van der Waals surface area (Å²) in [7, 11) is 0. The number of carboxylic acid groups (broad SMARTS) is 1. The molecule has 0 bridgehead atoms. The molecular formula is C36H36BrNO5. The molecule has 7 heteroatoms. The number of nitrogens with one attached hydrogen (secondary N) is 1. The van der Waals surface area contributed by atoms with Gasteiger partial charge in [-0.25, -0.2) is 4.79 Å². The van der Waals surface area contributed by atoms with Gasteiger partial charge < -0.3 is 19.9 Å². The van der Waals surface area contributed by atoms with Crippen molar-refractivity contribution >= 4 is 27.8 Å². The predicted octanol–water partition coefficient (Wildman–Crippen LogP) is 8.68. The number of hydrogen-bond donors (Lipinski definition) is 2. The Kier molecular flexibility index (Phi) is 10.5. The SMILES string of the molecule is O=C(NC(Cc1ccc(-c2ccccc2Oc2ccccc2)cc1)C(=O)O)c1cc(Br)ccc1OCCC1CCCCC1. The van der Waals surface area contributed by atoms with E-state index in [0.717, 1.165) is 39.1 Å². The second-order valence-corrected chi connectivity index (χ2v) is 11.9. The van der Waals surface area contributed by atoms with Crippen molar-refractivity contribution in [1.82, 2.24) is 5.32 Å². The molecule has 6 nitrogen and oxygen atoms in total. The lowest BCUT2D eigenvalue weighted by Gasteiger charge is -2.22. The summed E-state index contributed by atoms with van der Waals surface area (Å²) in [5, 5.41) is 12.7. The lowest BCUT2D eigenvalue weighted by Crippen LogP contribution is -2.42. The lowest BCUT2D eigenvalue weighted by molar-refractivity contribution is -0.139. The molecule has 0 heterocycles. The van der Waals surface area contributed by atoms with Crippen LogP contribution in [0.3, 0.4) is 0 Å². The highest BCUT2D eigenvalue weighted by Crippen LogP contribution is 2.33. The minimum absolute atomic E-state index is 0.134. The number of ether oxygens (including phenoxy) is 2. The van der Waals surface area contributed by atoms with Gasteiger partial charge in [0.1, 0.15) is 23.3 Å². The molecular weight excluding hydrogens is 606 g/mol. The van der Waals surface area contributed by atoms with E-state index in [4.69, 9.17) is 9.47 Å². The van der Waals surface area contributed by atoms with Gasteiger partial charge in [0.25, 0.3) is 5.91 Å². The Bertz CT molecular complexity index is 1520. The molecule has 1 aliphatic carbocycles. The first kappa shape index (κ1) is 30.4. The molecule has 5 rings (SSSR count). The van der Waals surface area contributed by atoms with Crippen LogP contribution in [0.1, 0.15) is 54.4 Å². The third kappa shape index (κ3) is 8.48. The maximum Gasteiger partial charge on any atom is 0.326 e. The molecule has 1 amide bonds. The Morgan fingerprint density at radius 1 is 0.860 bits per heavy atom. The molecule has 0 aromatic heterocycles. The predicted molar refractivity (Wildman–Crippen MR) is 172 cm³/mol. The molecule has 0 spiro atoms. The summed E-state index contributed by atoms with van der Waals surface area (Å²) in [6.45, 7) is 0.529. The van der Waals surface area contributed by atoms with Crippen molar-refractivity contribution in [3.63, 3.8) is 0 Å². The summed E-state index contributed by atoms with van der Waals surface area (Å²) >= 11 is 3.43. The summed E-state index contributed by atoms with van der Waals surface area (Å²) in [6, 6.07) is 29.2. The van der Waals surface area contributed by atoms with E-state index < -0.39 is 17.9 Å². The normalized spacial score (nSPS) is 14.1. The molecule has 43 heavy (non-hydrogen) atoms. The summed E-state index contributed by atoms with van der Waals surface area (Å²) in [5.41, 5.74) is 2.97. The fraction of sp³-hybridized carbons (Fsp3) is 0.278. The third-order valence-electron chi connectivity index (χ3n) is 7.86. The van der Waals surface area contributed by atoms with Gasteiger partial charge in [-0.3, -0.25) is 4.79 Å². The fourth-order valence-electron chi connectivity index (χ4n) is 5.52. The first-order valence-electron chi connectivity index (χ1n) is 14.8. The summed E-state index contributed by atoms with van der Waals surface area (Å²) in [6.07, 6.45) is 7.39. The minimum atomic E-state index is -1.11. The molecule has 4 aromatic carbocycles. The Labute approximate surface area is 261 Å². The molecule has 1 saturated carbocycles. The van der Waals surface area contributed by atoms with Crippen LogP contribution >= 0.6 is 15.9 Å². The van der Waals surface area contributed by atoms with Gasteiger partial charge in [-0.1, -0.05) is 109 Å². The van der Waals surface area contributed by atoms with Crippen molar-refractivity contribution in [3.05, 3.63) is 113 Å². The molecule has 0 saturated heterocycles. The summed E-state index contributed by atoms with van der Waals surface area (Å²) in [4.78, 5) is 25.5. The first-order chi connectivity index (χ1) is 21.0. The molecule has 222 valence electrons. The largest absolute Gasteiger partial charge is 0.493 e. The van der Waals surface area contributed by atoms with E-state index in [1.165, 1.54) is 32.1 Å². The zero-order valence-corrected chi connectivity index (χ0v) is 25.6. The lowest BCUT2D eigenvalue weighted by atomic mass is 9.87. The van der Waals surface area contributed by atoms with E-state index in [9.17, 15) is 14.7 Å². The number of para-hydroxylation sites is 2. The number of hydrogen-bond acceptors (Lipinski definition) is 4. The van der Waals surface area contributed by atoms with E-state index in [2.05, 4.69) is 21.2 Å². The van der Waals surface area contributed by atoms with Crippen molar-refractivity contribution in [3.8, 4) is 28.4 Å². The maximum absolute atomic E-state index is 13.3. The number of carboxylic acids is 1. The van der Waals surface area contributed by atoms with Crippen LogP contribution in [0.15, 0.2) is 102 Å². The quantitative estimate of drug-likeness (QED) is 0.162. The second kappa shape index (κ2) is 14.9. The smallest absolute Gasteiger partial charge is 0.326 e. The molecule has 1 atom stereocenters. The Balaban J connectivity index is 1.25. The first-order valence-corrected chi connectivity index (χ1v) is 15.6. The van der Waals surface area contributed by atoms with Crippen LogP contribution in [0.4, 0.5) is 0 Å². The van der Waals surface area contributed by atoms with E-state index in [0.29, 0.717) is 23.8 Å². The van der Waals surface area contributed by atoms with Gasteiger partial charge in [-0.05, 0) is 59.9 Å². The van der Waals surface area contributed by atoms with Gasteiger partial charge in [0.15, 0.2) is 0 Å². The molecule has 1 aliphatic rings. The van der Waals surface area contributed by atoms with Crippen LogP contribution in [0, 0.1) is 5.92 Å². The van der Waals surface area contributed by atoms with Gasteiger partial charge in [0, 0.05) is 16.5 Å². The molecule has 1 unspecified atom stereocenters. The second-order valence-electron chi connectivity index (χ2n) is 11.0. The van der Waals surface area contributed by atoms with Crippen LogP contribution in [0.5, 0.6) is 17.2 Å². The van der Waals surface area contributed by atoms with Crippen LogP contribution in [0.2, 0.25) is 0 Å². The highest BCUT2D eigenvalue weighted by atomic mass is 79.9. The number of aliphatic carboxylic acids is 1. The van der Waals surface area contributed by atoms with E-state index in [1.54, 1.807) is 12.1 Å². The Morgan fingerprint density at radius 2 is 1.58 bits per heavy atom. The zero-order chi connectivity index (χ0) is 30.0. The number of amides is 1. The average molecular weight is 643 g/mol. The van der Waals surface area contributed by atoms with Gasteiger partial charge in [-0.15, -0.1) is 0 Å². The van der Waals surface area contributed by atoms with Gasteiger partial charge in [0.2, 0.25) is 0 Å². The van der Waals surface area contributed by atoms with Crippen LogP contribution in [0.25, 0.3) is 11.1 Å². The topological polar surface area (TPSA) is 84.9 Å². The number of rotatable bonds is 12. The number of halogens is 1. The fourth-order valence-corrected chi connectivity index (χ4v) is 5.88.